The Bertz CT molecular complexity index is 586. The summed E-state index contributed by atoms with van der Waals surface area (Å²) in [5.41, 5.74) is 2.05. The molecule has 2 aromatic rings. The average molecular weight is 322 g/mol. The molecule has 0 aliphatic rings. The van der Waals surface area contributed by atoms with Crippen molar-refractivity contribution in [3.8, 4) is 0 Å². The van der Waals surface area contributed by atoms with Crippen LogP contribution >= 0.6 is 23.2 Å². The van der Waals surface area contributed by atoms with Gasteiger partial charge in [0, 0.05) is 16.9 Å². The zero-order valence-electron chi connectivity index (χ0n) is 11.6. The van der Waals surface area contributed by atoms with Crippen molar-refractivity contribution < 1.29 is 4.79 Å². The largest absolute Gasteiger partial charge is 0.352 e. The number of amides is 1. The summed E-state index contributed by atoms with van der Waals surface area (Å²) in [6.07, 6.45) is 1.04. The smallest absolute Gasteiger partial charge is 0.224 e. The van der Waals surface area contributed by atoms with E-state index in [0.29, 0.717) is 17.3 Å². The van der Waals surface area contributed by atoms with E-state index in [1.807, 2.05) is 42.5 Å². The van der Waals surface area contributed by atoms with Gasteiger partial charge in [-0.05, 0) is 29.7 Å². The first kappa shape index (κ1) is 15.9. The van der Waals surface area contributed by atoms with E-state index < -0.39 is 0 Å². The Hall–Kier alpha value is -1.51. The van der Waals surface area contributed by atoms with E-state index in [9.17, 15) is 4.79 Å². The zero-order valence-corrected chi connectivity index (χ0v) is 13.1. The highest BCUT2D eigenvalue weighted by molar-refractivity contribution is 6.30. The highest BCUT2D eigenvalue weighted by Crippen LogP contribution is 2.11. The van der Waals surface area contributed by atoms with E-state index in [-0.39, 0.29) is 11.9 Å². The number of carbonyl (C=O) groups is 1. The fourth-order valence-corrected chi connectivity index (χ4v) is 2.55. The van der Waals surface area contributed by atoms with Crippen molar-refractivity contribution in [2.75, 3.05) is 5.88 Å². The van der Waals surface area contributed by atoms with Gasteiger partial charge in [-0.2, -0.15) is 0 Å². The van der Waals surface area contributed by atoms with Crippen LogP contribution in [0.2, 0.25) is 5.02 Å². The second-order valence-corrected chi connectivity index (χ2v) is 5.66. The van der Waals surface area contributed by atoms with Crippen LogP contribution in [0, 0.1) is 0 Å². The van der Waals surface area contributed by atoms with Crippen LogP contribution in [0.15, 0.2) is 54.6 Å². The summed E-state index contributed by atoms with van der Waals surface area (Å²) in [5, 5.41) is 3.61. The maximum atomic E-state index is 12.1. The van der Waals surface area contributed by atoms with E-state index in [1.54, 1.807) is 12.1 Å². The maximum Gasteiger partial charge on any atom is 0.224 e. The first-order valence-corrected chi connectivity index (χ1v) is 7.72. The lowest BCUT2D eigenvalue weighted by molar-refractivity contribution is -0.121. The summed E-state index contributed by atoms with van der Waals surface area (Å²) in [6.45, 7) is 0. The van der Waals surface area contributed by atoms with Gasteiger partial charge in [0.25, 0.3) is 0 Å². The van der Waals surface area contributed by atoms with Gasteiger partial charge in [0.15, 0.2) is 0 Å². The monoisotopic (exact) mass is 321 g/mol. The van der Waals surface area contributed by atoms with Gasteiger partial charge in [-0.15, -0.1) is 11.6 Å². The fraction of sp³-hybridized carbons (Fsp3) is 0.235. The normalized spacial score (nSPS) is 11.9. The predicted octanol–water partition coefficient (Wildman–Crippen LogP) is 3.85. The van der Waals surface area contributed by atoms with E-state index in [2.05, 4.69) is 5.32 Å². The minimum absolute atomic E-state index is 0.0427. The Morgan fingerprint density at radius 3 is 2.43 bits per heavy atom. The highest BCUT2D eigenvalue weighted by atomic mass is 35.5. The molecule has 2 rings (SSSR count). The van der Waals surface area contributed by atoms with Crippen molar-refractivity contribution in [1.29, 1.82) is 0 Å². The second-order valence-electron chi connectivity index (χ2n) is 4.92. The highest BCUT2D eigenvalue weighted by Gasteiger charge is 2.12. The standard InChI is InChI=1S/C17H17Cl2NO/c18-12-16(10-13-5-2-1-3-6-13)20-17(21)11-14-7-4-8-15(19)9-14/h1-9,16H,10-12H2,(H,20,21). The molecule has 2 nitrogen and oxygen atoms in total. The summed E-state index contributed by atoms with van der Waals surface area (Å²) in [6, 6.07) is 17.2. The molecule has 21 heavy (non-hydrogen) atoms. The van der Waals surface area contributed by atoms with Gasteiger partial charge in [-0.1, -0.05) is 54.1 Å². The van der Waals surface area contributed by atoms with Crippen molar-refractivity contribution >= 4 is 29.1 Å². The Morgan fingerprint density at radius 1 is 1.05 bits per heavy atom. The van der Waals surface area contributed by atoms with Crippen LogP contribution in [-0.4, -0.2) is 17.8 Å². The molecule has 0 aliphatic heterocycles. The van der Waals surface area contributed by atoms with Gasteiger partial charge in [0.2, 0.25) is 5.91 Å². The van der Waals surface area contributed by atoms with Gasteiger partial charge in [0.1, 0.15) is 0 Å². The lowest BCUT2D eigenvalue weighted by atomic mass is 10.1. The van der Waals surface area contributed by atoms with Gasteiger partial charge in [0.05, 0.1) is 6.42 Å². The Kier molecular flexibility index (Phi) is 6.09. The molecule has 0 fully saturated rings. The minimum Gasteiger partial charge on any atom is -0.352 e. The zero-order chi connectivity index (χ0) is 15.1. The fourth-order valence-electron chi connectivity index (χ4n) is 2.15. The van der Waals surface area contributed by atoms with Crippen molar-refractivity contribution in [3.63, 3.8) is 0 Å². The van der Waals surface area contributed by atoms with E-state index in [1.165, 1.54) is 0 Å². The van der Waals surface area contributed by atoms with Crippen LogP contribution in [-0.2, 0) is 17.6 Å². The van der Waals surface area contributed by atoms with Crippen LogP contribution in [0.25, 0.3) is 0 Å². The minimum atomic E-state index is -0.0687. The van der Waals surface area contributed by atoms with E-state index in [0.717, 1.165) is 17.5 Å². The summed E-state index contributed by atoms with van der Waals surface area (Å²) >= 11 is 11.9. The number of hydrogen-bond donors (Lipinski definition) is 1. The first-order chi connectivity index (χ1) is 10.2. The molecule has 1 amide bonds. The Morgan fingerprint density at radius 2 is 1.76 bits per heavy atom. The molecular weight excluding hydrogens is 305 g/mol. The van der Waals surface area contributed by atoms with Gasteiger partial charge < -0.3 is 5.32 Å². The lowest BCUT2D eigenvalue weighted by Crippen LogP contribution is -2.38. The molecule has 0 bridgehead atoms. The van der Waals surface area contributed by atoms with Gasteiger partial charge >= 0.3 is 0 Å². The van der Waals surface area contributed by atoms with Crippen LogP contribution in [0.5, 0.6) is 0 Å². The molecule has 1 N–H and O–H groups in total. The number of hydrogen-bond acceptors (Lipinski definition) is 1. The summed E-state index contributed by atoms with van der Waals surface area (Å²) in [5.74, 6) is 0.342. The maximum absolute atomic E-state index is 12.1. The summed E-state index contributed by atoms with van der Waals surface area (Å²) in [4.78, 5) is 12.1. The molecule has 0 aromatic heterocycles. The predicted molar refractivity (Wildman–Crippen MR) is 88.0 cm³/mol. The van der Waals surface area contributed by atoms with Crippen molar-refractivity contribution in [3.05, 3.63) is 70.7 Å². The molecule has 0 saturated carbocycles. The third-order valence-corrected chi connectivity index (χ3v) is 3.74. The number of benzene rings is 2. The molecule has 0 saturated heterocycles. The molecule has 0 aliphatic carbocycles. The number of rotatable bonds is 6. The molecule has 2 aromatic carbocycles. The molecular formula is C17H17Cl2NO. The number of carbonyl (C=O) groups excluding carboxylic acids is 1. The van der Waals surface area contributed by atoms with Crippen molar-refractivity contribution in [1.82, 2.24) is 5.32 Å². The molecule has 0 spiro atoms. The van der Waals surface area contributed by atoms with Crippen LogP contribution < -0.4 is 5.32 Å². The molecule has 110 valence electrons. The Labute approximate surface area is 135 Å². The molecule has 4 heteroatoms. The van der Waals surface area contributed by atoms with E-state index >= 15 is 0 Å². The number of halogens is 2. The summed E-state index contributed by atoms with van der Waals surface area (Å²) in [7, 11) is 0. The molecule has 0 heterocycles. The third-order valence-electron chi connectivity index (χ3n) is 3.13. The van der Waals surface area contributed by atoms with Crippen molar-refractivity contribution in [2.45, 2.75) is 18.9 Å². The third kappa shape index (κ3) is 5.41. The van der Waals surface area contributed by atoms with Crippen LogP contribution in [0.1, 0.15) is 11.1 Å². The van der Waals surface area contributed by atoms with Crippen LogP contribution in [0.3, 0.4) is 0 Å². The number of nitrogens with one attached hydrogen (secondary N) is 1. The Balaban J connectivity index is 1.90. The van der Waals surface area contributed by atoms with Gasteiger partial charge in [-0.25, -0.2) is 0 Å². The lowest BCUT2D eigenvalue weighted by Gasteiger charge is -2.16. The van der Waals surface area contributed by atoms with Crippen molar-refractivity contribution in [2.24, 2.45) is 0 Å². The molecule has 1 atom stereocenters. The SMILES string of the molecule is O=C(Cc1cccc(Cl)c1)NC(CCl)Cc1ccccc1. The quantitative estimate of drug-likeness (QED) is 0.804. The topological polar surface area (TPSA) is 29.1 Å². The first-order valence-electron chi connectivity index (χ1n) is 6.81. The molecule has 0 radical (unpaired) electrons. The number of alkyl halides is 1. The van der Waals surface area contributed by atoms with Gasteiger partial charge in [-0.3, -0.25) is 4.79 Å². The van der Waals surface area contributed by atoms with Crippen LogP contribution in [0.4, 0.5) is 0 Å². The summed E-state index contributed by atoms with van der Waals surface area (Å²) < 4.78 is 0. The van der Waals surface area contributed by atoms with E-state index in [4.69, 9.17) is 23.2 Å². The average Bonchev–Trinajstić information content (AvgIpc) is 2.47. The second kappa shape index (κ2) is 8.06. The molecule has 1 unspecified atom stereocenters.